The van der Waals surface area contributed by atoms with Gasteiger partial charge in [0.25, 0.3) is 0 Å². The second kappa shape index (κ2) is 10.9. The Bertz CT molecular complexity index is 927. The highest BCUT2D eigenvalue weighted by Crippen LogP contribution is 2.14. The molecule has 1 atom stereocenters. The Labute approximate surface area is 178 Å². The van der Waals surface area contributed by atoms with Crippen molar-refractivity contribution in [2.45, 2.75) is 6.10 Å². The number of hydrogen-bond donors (Lipinski definition) is 1. The molecule has 1 unspecified atom stereocenters. The van der Waals surface area contributed by atoms with Gasteiger partial charge in [0.1, 0.15) is 24.2 Å². The maximum absolute atomic E-state index is 12.4. The second-order valence-corrected chi connectivity index (χ2v) is 6.61. The van der Waals surface area contributed by atoms with Crippen molar-refractivity contribution < 1.29 is 33.0 Å². The fourth-order valence-electron chi connectivity index (χ4n) is 2.84. The maximum Gasteiger partial charge on any atom is 0.339 e. The molecule has 3 rings (SSSR count). The molecule has 164 valence electrons. The van der Waals surface area contributed by atoms with Crippen molar-refractivity contribution in [1.29, 1.82) is 0 Å². The molecular weight excluding hydrogens is 406 g/mol. The minimum atomic E-state index is -0.510. The molecule has 1 N–H and O–H groups in total. The van der Waals surface area contributed by atoms with E-state index in [1.807, 2.05) is 0 Å². The van der Waals surface area contributed by atoms with Gasteiger partial charge in [0.15, 0.2) is 0 Å². The lowest BCUT2D eigenvalue weighted by Crippen LogP contribution is -2.50. The predicted molar refractivity (Wildman–Crippen MR) is 108 cm³/mol. The summed E-state index contributed by atoms with van der Waals surface area (Å²) in [7, 11) is 1.29. The zero-order chi connectivity index (χ0) is 22.1. The van der Waals surface area contributed by atoms with Gasteiger partial charge in [-0.2, -0.15) is 0 Å². The number of furan rings is 1. The molecule has 0 spiro atoms. The predicted octanol–water partition coefficient (Wildman–Crippen LogP) is 0.897. The summed E-state index contributed by atoms with van der Waals surface area (Å²) in [5.41, 5.74) is 0.276. The first-order valence-corrected chi connectivity index (χ1v) is 9.60. The molecule has 31 heavy (non-hydrogen) atoms. The Balaban J connectivity index is 1.43. The van der Waals surface area contributed by atoms with E-state index in [9.17, 15) is 14.4 Å². The quantitative estimate of drug-likeness (QED) is 0.485. The zero-order valence-corrected chi connectivity index (χ0v) is 17.0. The number of carbonyl (C=O) groups excluding carboxylic acids is 3. The highest BCUT2D eigenvalue weighted by molar-refractivity contribution is 5.94. The van der Waals surface area contributed by atoms with E-state index >= 15 is 0 Å². The summed E-state index contributed by atoms with van der Waals surface area (Å²) >= 11 is 0. The monoisotopic (exact) mass is 429 g/mol. The molecule has 3 heterocycles. The van der Waals surface area contributed by atoms with Crippen molar-refractivity contribution in [2.75, 3.05) is 40.0 Å². The highest BCUT2D eigenvalue weighted by Gasteiger charge is 2.25. The van der Waals surface area contributed by atoms with Gasteiger partial charge in [-0.05, 0) is 24.3 Å². The van der Waals surface area contributed by atoms with Gasteiger partial charge in [0.05, 0.1) is 44.8 Å². The topological polar surface area (TPSA) is 120 Å². The minimum absolute atomic E-state index is 0.125. The zero-order valence-electron chi connectivity index (χ0n) is 17.0. The average Bonchev–Trinajstić information content (AvgIpc) is 3.33. The second-order valence-electron chi connectivity index (χ2n) is 6.61. The number of nitrogens with one attached hydrogen (secondary N) is 1. The molecule has 1 aliphatic heterocycles. The molecule has 1 aliphatic rings. The van der Waals surface area contributed by atoms with Crippen LogP contribution in [0.2, 0.25) is 0 Å². The number of hydrogen-bond acceptors (Lipinski definition) is 8. The van der Waals surface area contributed by atoms with Crippen molar-refractivity contribution in [1.82, 2.24) is 15.2 Å². The fourth-order valence-corrected chi connectivity index (χ4v) is 2.84. The van der Waals surface area contributed by atoms with E-state index in [1.54, 1.807) is 17.0 Å². The molecule has 0 radical (unpaired) electrons. The number of morpholine rings is 1. The summed E-state index contributed by atoms with van der Waals surface area (Å²) in [5.74, 6) is -0.182. The van der Waals surface area contributed by atoms with Gasteiger partial charge in [-0.3, -0.25) is 14.6 Å². The first kappa shape index (κ1) is 22.0. The Morgan fingerprint density at radius 2 is 2.23 bits per heavy atom. The van der Waals surface area contributed by atoms with Crippen molar-refractivity contribution >= 4 is 23.9 Å². The van der Waals surface area contributed by atoms with Crippen LogP contribution < -0.4 is 10.1 Å². The summed E-state index contributed by atoms with van der Waals surface area (Å²) in [6.45, 7) is 1.15. The lowest BCUT2D eigenvalue weighted by atomic mass is 10.2. The highest BCUT2D eigenvalue weighted by atomic mass is 16.5. The van der Waals surface area contributed by atoms with Gasteiger partial charge in [0.2, 0.25) is 11.8 Å². The standard InChI is InChI=1S/C21H23N3O7/c1-28-21(27)15-9-17(11-22-10-15)31-14-18-13-24(6-8-30-18)20(26)12-23-19(25)5-4-16-3-2-7-29-16/h2-5,7,9-11,18H,6,8,12-14H2,1H3,(H,23,25)/b5-4-. The molecule has 10 heteroatoms. The molecule has 0 bridgehead atoms. The minimum Gasteiger partial charge on any atom is -0.489 e. The number of esters is 1. The van der Waals surface area contributed by atoms with Crippen molar-refractivity contribution in [2.24, 2.45) is 0 Å². The van der Waals surface area contributed by atoms with Crippen molar-refractivity contribution in [3.05, 3.63) is 54.3 Å². The van der Waals surface area contributed by atoms with Gasteiger partial charge < -0.3 is 28.8 Å². The van der Waals surface area contributed by atoms with E-state index in [2.05, 4.69) is 15.0 Å². The van der Waals surface area contributed by atoms with Crippen LogP contribution in [0.25, 0.3) is 6.08 Å². The molecule has 2 amide bonds. The number of aromatic nitrogens is 1. The number of nitrogens with zero attached hydrogens (tertiary/aromatic N) is 2. The lowest BCUT2D eigenvalue weighted by Gasteiger charge is -2.32. The summed E-state index contributed by atoms with van der Waals surface area (Å²) in [4.78, 5) is 41.4. The smallest absolute Gasteiger partial charge is 0.339 e. The molecule has 10 nitrogen and oxygen atoms in total. The van der Waals surface area contributed by atoms with E-state index in [0.717, 1.165) is 0 Å². The van der Waals surface area contributed by atoms with Crippen LogP contribution in [-0.4, -0.2) is 73.7 Å². The third kappa shape index (κ3) is 6.68. The summed E-state index contributed by atoms with van der Waals surface area (Å²) in [5, 5.41) is 2.55. The fraction of sp³-hybridized carbons (Fsp3) is 0.333. The normalized spacial score (nSPS) is 16.2. The van der Waals surface area contributed by atoms with E-state index in [4.69, 9.17) is 13.9 Å². The van der Waals surface area contributed by atoms with Crippen LogP contribution >= 0.6 is 0 Å². The third-order valence-electron chi connectivity index (χ3n) is 4.42. The van der Waals surface area contributed by atoms with E-state index < -0.39 is 11.9 Å². The number of carbonyl (C=O) groups is 3. The Kier molecular flexibility index (Phi) is 7.77. The van der Waals surface area contributed by atoms with E-state index in [-0.39, 0.29) is 30.7 Å². The molecule has 0 aliphatic carbocycles. The van der Waals surface area contributed by atoms with E-state index in [1.165, 1.54) is 44.0 Å². The molecule has 1 fully saturated rings. The number of ether oxygens (including phenoxy) is 3. The van der Waals surface area contributed by atoms with Crippen LogP contribution in [0.4, 0.5) is 0 Å². The molecule has 0 aromatic carbocycles. The largest absolute Gasteiger partial charge is 0.489 e. The van der Waals surface area contributed by atoms with Gasteiger partial charge in [-0.1, -0.05) is 0 Å². The van der Waals surface area contributed by atoms with Crippen LogP contribution in [0.5, 0.6) is 5.75 Å². The summed E-state index contributed by atoms with van der Waals surface area (Å²) in [6, 6.07) is 4.95. The summed E-state index contributed by atoms with van der Waals surface area (Å²) in [6.07, 6.45) is 6.84. The molecule has 2 aromatic heterocycles. The Morgan fingerprint density at radius 1 is 1.35 bits per heavy atom. The molecule has 0 saturated carbocycles. The maximum atomic E-state index is 12.4. The number of methoxy groups -OCH3 is 1. The first-order valence-electron chi connectivity index (χ1n) is 9.60. The van der Waals surface area contributed by atoms with Gasteiger partial charge in [-0.25, -0.2) is 4.79 Å². The number of rotatable bonds is 8. The molecular formula is C21H23N3O7. The number of pyridine rings is 1. The van der Waals surface area contributed by atoms with E-state index in [0.29, 0.717) is 31.2 Å². The Hall–Kier alpha value is -3.66. The summed E-state index contributed by atoms with van der Waals surface area (Å²) < 4.78 is 21.1. The third-order valence-corrected chi connectivity index (χ3v) is 4.42. The average molecular weight is 429 g/mol. The first-order chi connectivity index (χ1) is 15.0. The van der Waals surface area contributed by atoms with Crippen LogP contribution in [0, 0.1) is 0 Å². The van der Waals surface area contributed by atoms with Gasteiger partial charge in [-0.15, -0.1) is 0 Å². The van der Waals surface area contributed by atoms with Crippen molar-refractivity contribution in [3.63, 3.8) is 0 Å². The van der Waals surface area contributed by atoms with Crippen LogP contribution in [0.1, 0.15) is 16.1 Å². The Morgan fingerprint density at radius 3 is 3.00 bits per heavy atom. The van der Waals surface area contributed by atoms with Gasteiger partial charge >= 0.3 is 5.97 Å². The van der Waals surface area contributed by atoms with Gasteiger partial charge in [0, 0.05) is 18.8 Å². The van der Waals surface area contributed by atoms with Crippen molar-refractivity contribution in [3.8, 4) is 5.75 Å². The SMILES string of the molecule is COC(=O)c1cncc(OCC2CN(C(=O)CNC(=O)/C=C\c3ccco3)CCO2)c1. The molecule has 1 saturated heterocycles. The number of amides is 2. The van der Waals surface area contributed by atoms with Crippen LogP contribution in [0.15, 0.2) is 47.3 Å². The molecule has 2 aromatic rings. The van der Waals surface area contributed by atoms with Crippen LogP contribution in [-0.2, 0) is 19.1 Å². The lowest BCUT2D eigenvalue weighted by molar-refractivity contribution is -0.140. The van der Waals surface area contributed by atoms with Crippen LogP contribution in [0.3, 0.4) is 0 Å².